The lowest BCUT2D eigenvalue weighted by Gasteiger charge is -2.19. The van der Waals surface area contributed by atoms with Crippen molar-refractivity contribution < 1.29 is 9.53 Å². The molecule has 1 aromatic heterocycles. The van der Waals surface area contributed by atoms with Crippen molar-refractivity contribution in [1.29, 1.82) is 0 Å². The first-order valence-corrected chi connectivity index (χ1v) is 11.6. The molecular weight excluding hydrogens is 424 g/mol. The summed E-state index contributed by atoms with van der Waals surface area (Å²) in [5, 5.41) is 2.92. The van der Waals surface area contributed by atoms with Gasteiger partial charge in [-0.1, -0.05) is 54.6 Å². The molecule has 2 heterocycles. The molecule has 1 aliphatic carbocycles. The summed E-state index contributed by atoms with van der Waals surface area (Å²) in [6.07, 6.45) is 4.42. The van der Waals surface area contributed by atoms with E-state index in [1.807, 2.05) is 48.4 Å². The lowest BCUT2D eigenvalue weighted by Crippen LogP contribution is -2.20. The third-order valence-electron chi connectivity index (χ3n) is 6.78. The number of nitrogens with zero attached hydrogens (tertiary/aromatic N) is 3. The number of carbonyl (C=O) groups is 1. The maximum Gasteiger partial charge on any atom is 0.411 e. The number of hydrogen-bond donors (Lipinski definition) is 1. The minimum absolute atomic E-state index is 0.0482. The van der Waals surface area contributed by atoms with Crippen molar-refractivity contribution in [2.45, 2.75) is 18.9 Å². The summed E-state index contributed by atoms with van der Waals surface area (Å²) in [7, 11) is 1.98. The molecule has 0 fully saturated rings. The van der Waals surface area contributed by atoms with E-state index < -0.39 is 6.09 Å². The lowest BCUT2D eigenvalue weighted by atomic mass is 9.98. The van der Waals surface area contributed by atoms with Crippen LogP contribution in [-0.2, 0) is 24.8 Å². The largest absolute Gasteiger partial charge is 0.448 e. The predicted octanol–water partition coefficient (Wildman–Crippen LogP) is 5.34. The molecule has 2 aliphatic rings. The molecule has 170 valence electrons. The summed E-state index contributed by atoms with van der Waals surface area (Å²) in [6.45, 7) is 2.00. The molecule has 0 bridgehead atoms. The van der Waals surface area contributed by atoms with E-state index in [4.69, 9.17) is 4.74 Å². The second-order valence-electron chi connectivity index (χ2n) is 9.00. The van der Waals surface area contributed by atoms with Crippen LogP contribution in [0.4, 0.5) is 16.2 Å². The molecule has 6 heteroatoms. The number of amides is 1. The maximum atomic E-state index is 12.7. The Balaban J connectivity index is 1.14. The quantitative estimate of drug-likeness (QED) is 0.446. The fraction of sp³-hybridized carbons (Fsp3) is 0.214. The maximum absolute atomic E-state index is 12.7. The molecule has 3 aromatic carbocycles. The van der Waals surface area contributed by atoms with Crippen molar-refractivity contribution in [3.05, 3.63) is 102 Å². The smallest absolute Gasteiger partial charge is 0.411 e. The normalized spacial score (nSPS) is 14.0. The predicted molar refractivity (Wildman–Crippen MR) is 133 cm³/mol. The zero-order valence-corrected chi connectivity index (χ0v) is 19.1. The molecule has 0 saturated heterocycles. The first-order chi connectivity index (χ1) is 16.7. The number of aryl methyl sites for hydroxylation is 1. The number of aromatic nitrogens is 2. The Morgan fingerprint density at radius 1 is 1.06 bits per heavy atom. The summed E-state index contributed by atoms with van der Waals surface area (Å²) in [5.74, 6) is 0.0482. The molecule has 4 aromatic rings. The Labute approximate surface area is 198 Å². The molecule has 0 unspecified atom stereocenters. The zero-order valence-electron chi connectivity index (χ0n) is 19.1. The topological polar surface area (TPSA) is 59.4 Å². The molecule has 1 aliphatic heterocycles. The highest BCUT2D eigenvalue weighted by Gasteiger charge is 2.29. The molecule has 0 saturated carbocycles. The van der Waals surface area contributed by atoms with Crippen molar-refractivity contribution in [3.63, 3.8) is 0 Å². The highest BCUT2D eigenvalue weighted by Crippen LogP contribution is 2.44. The Morgan fingerprint density at radius 3 is 2.50 bits per heavy atom. The fourth-order valence-corrected chi connectivity index (χ4v) is 5.18. The van der Waals surface area contributed by atoms with E-state index >= 15 is 0 Å². The monoisotopic (exact) mass is 450 g/mol. The first kappa shape index (κ1) is 20.5. The minimum Gasteiger partial charge on any atom is -0.448 e. The van der Waals surface area contributed by atoms with Crippen molar-refractivity contribution in [3.8, 4) is 11.1 Å². The Morgan fingerprint density at radius 2 is 1.79 bits per heavy atom. The molecule has 6 nitrogen and oxygen atoms in total. The molecule has 1 amide bonds. The minimum atomic E-state index is -0.434. The van der Waals surface area contributed by atoms with Crippen LogP contribution in [0.15, 0.2) is 79.3 Å². The van der Waals surface area contributed by atoms with Gasteiger partial charge in [-0.05, 0) is 46.4 Å². The number of carbonyl (C=O) groups excluding carboxylic acids is 1. The van der Waals surface area contributed by atoms with E-state index in [9.17, 15) is 4.79 Å². The lowest BCUT2D eigenvalue weighted by molar-refractivity contribution is 0.158. The van der Waals surface area contributed by atoms with Crippen LogP contribution in [-0.4, -0.2) is 28.8 Å². The third-order valence-corrected chi connectivity index (χ3v) is 6.78. The van der Waals surface area contributed by atoms with Crippen LogP contribution in [0, 0.1) is 0 Å². The van der Waals surface area contributed by atoms with Gasteiger partial charge in [0.15, 0.2) is 0 Å². The number of ether oxygens (including phenoxy) is 1. The number of anilines is 2. The Kier molecular flexibility index (Phi) is 5.06. The Bertz CT molecular complexity index is 1330. The molecule has 0 atom stereocenters. The third kappa shape index (κ3) is 3.71. The van der Waals surface area contributed by atoms with Crippen molar-refractivity contribution >= 4 is 17.5 Å². The molecule has 0 radical (unpaired) electrons. The molecule has 34 heavy (non-hydrogen) atoms. The summed E-state index contributed by atoms with van der Waals surface area (Å²) in [5.41, 5.74) is 9.06. The van der Waals surface area contributed by atoms with Gasteiger partial charge in [-0.3, -0.25) is 5.32 Å². The van der Waals surface area contributed by atoms with Crippen LogP contribution >= 0.6 is 0 Å². The number of imidazole rings is 1. The second kappa shape index (κ2) is 8.37. The fourth-order valence-electron chi connectivity index (χ4n) is 5.18. The molecule has 0 spiro atoms. The SMILES string of the molecule is Cn1cnc(CN2CCc3ccc(NC(=O)OCC4c5ccccc5-c5ccccc54)cc32)c1. The number of rotatable bonds is 5. The standard InChI is InChI=1S/C28H26N4O2/c1-31-15-21(29-18-31)16-32-13-12-19-10-11-20(14-27(19)32)30-28(33)34-17-26-24-8-4-2-6-22(24)23-7-3-5-9-25(23)26/h2-11,14-15,18,26H,12-13,16-17H2,1H3,(H,30,33). The van der Waals surface area contributed by atoms with Gasteiger partial charge < -0.3 is 14.2 Å². The highest BCUT2D eigenvalue weighted by molar-refractivity contribution is 5.86. The molecule has 6 rings (SSSR count). The summed E-state index contributed by atoms with van der Waals surface area (Å²) < 4.78 is 7.67. The van der Waals surface area contributed by atoms with Crippen molar-refractivity contribution in [1.82, 2.24) is 9.55 Å². The van der Waals surface area contributed by atoms with Gasteiger partial charge in [0.1, 0.15) is 6.61 Å². The van der Waals surface area contributed by atoms with Crippen LogP contribution in [0.3, 0.4) is 0 Å². The van der Waals surface area contributed by atoms with E-state index in [-0.39, 0.29) is 5.92 Å². The average molecular weight is 451 g/mol. The van der Waals surface area contributed by atoms with Crippen molar-refractivity contribution in [2.24, 2.45) is 7.05 Å². The van der Waals surface area contributed by atoms with E-state index in [0.717, 1.165) is 36.6 Å². The van der Waals surface area contributed by atoms with Crippen LogP contribution in [0.2, 0.25) is 0 Å². The van der Waals surface area contributed by atoms with Crippen LogP contribution in [0.1, 0.15) is 28.3 Å². The van der Waals surface area contributed by atoms with Crippen LogP contribution in [0.5, 0.6) is 0 Å². The van der Waals surface area contributed by atoms with Gasteiger partial charge in [0.25, 0.3) is 0 Å². The summed E-state index contributed by atoms with van der Waals surface area (Å²) >= 11 is 0. The number of benzene rings is 3. The van der Waals surface area contributed by atoms with Gasteiger partial charge in [0.05, 0.1) is 18.6 Å². The second-order valence-corrected chi connectivity index (χ2v) is 9.00. The van der Waals surface area contributed by atoms with Gasteiger partial charge in [-0.15, -0.1) is 0 Å². The van der Waals surface area contributed by atoms with Gasteiger partial charge in [0, 0.05) is 37.1 Å². The van der Waals surface area contributed by atoms with Gasteiger partial charge in [-0.2, -0.15) is 0 Å². The van der Waals surface area contributed by atoms with Gasteiger partial charge >= 0.3 is 6.09 Å². The average Bonchev–Trinajstić information content (AvgIpc) is 3.54. The van der Waals surface area contributed by atoms with E-state index in [1.165, 1.54) is 27.8 Å². The van der Waals surface area contributed by atoms with Crippen molar-refractivity contribution in [2.75, 3.05) is 23.4 Å². The van der Waals surface area contributed by atoms with Crippen LogP contribution in [0.25, 0.3) is 11.1 Å². The Hall–Kier alpha value is -4.06. The van der Waals surface area contributed by atoms with E-state index in [2.05, 4.69) is 57.7 Å². The zero-order chi connectivity index (χ0) is 23.1. The van der Waals surface area contributed by atoms with Gasteiger partial charge in [0.2, 0.25) is 0 Å². The number of fused-ring (bicyclic) bond motifs is 4. The number of nitrogens with one attached hydrogen (secondary N) is 1. The number of hydrogen-bond acceptors (Lipinski definition) is 4. The van der Waals surface area contributed by atoms with Crippen LogP contribution < -0.4 is 10.2 Å². The highest BCUT2D eigenvalue weighted by atomic mass is 16.5. The molecular formula is C28H26N4O2. The van der Waals surface area contributed by atoms with E-state index in [1.54, 1.807) is 0 Å². The summed E-state index contributed by atoms with van der Waals surface area (Å²) in [4.78, 5) is 19.5. The first-order valence-electron chi connectivity index (χ1n) is 11.6. The van der Waals surface area contributed by atoms with E-state index in [0.29, 0.717) is 6.61 Å². The van der Waals surface area contributed by atoms with Gasteiger partial charge in [-0.25, -0.2) is 9.78 Å². The summed E-state index contributed by atoms with van der Waals surface area (Å²) in [6, 6.07) is 22.8. The molecule has 1 N–H and O–H groups in total.